The quantitative estimate of drug-likeness (QED) is 0.669. The first kappa shape index (κ1) is 22.0. The van der Waals surface area contributed by atoms with E-state index in [0.717, 1.165) is 24.2 Å². The monoisotopic (exact) mass is 438 g/mol. The molecule has 0 aliphatic carbocycles. The van der Waals surface area contributed by atoms with Gasteiger partial charge >= 0.3 is 0 Å². The van der Waals surface area contributed by atoms with E-state index in [1.54, 1.807) is 24.3 Å². The zero-order chi connectivity index (χ0) is 22.7. The Morgan fingerprint density at radius 2 is 1.78 bits per heavy atom. The molecule has 4 rings (SSSR count). The number of carbonyl (C=O) groups is 2. The van der Waals surface area contributed by atoms with Crippen LogP contribution >= 0.6 is 0 Å². The third-order valence-corrected chi connectivity index (χ3v) is 5.85. The van der Waals surface area contributed by atoms with Crippen LogP contribution in [0.15, 0.2) is 54.2 Å². The molecule has 2 aliphatic rings. The summed E-state index contributed by atoms with van der Waals surface area (Å²) in [5, 5.41) is 9.66. The molecule has 0 bridgehead atoms. The lowest BCUT2D eigenvalue weighted by Gasteiger charge is -2.34. The van der Waals surface area contributed by atoms with E-state index in [1.807, 2.05) is 11.8 Å². The first-order valence-electron chi connectivity index (χ1n) is 11.0. The Bertz CT molecular complexity index is 1020. The Morgan fingerprint density at radius 1 is 1.06 bits per heavy atom. The summed E-state index contributed by atoms with van der Waals surface area (Å²) in [7, 11) is 0. The fraction of sp³-hybridized carbons (Fsp3) is 0.360. The molecular weight excluding hydrogens is 411 g/mol. The van der Waals surface area contributed by atoms with E-state index in [4.69, 9.17) is 4.74 Å². The fourth-order valence-corrected chi connectivity index (χ4v) is 4.25. The van der Waals surface area contributed by atoms with Crippen molar-refractivity contribution in [1.29, 1.82) is 0 Å². The number of carbonyl (C=O) groups excluding carboxylic acids is 2. The van der Waals surface area contributed by atoms with Gasteiger partial charge in [-0.1, -0.05) is 19.1 Å². The molecule has 0 aromatic heterocycles. The zero-order valence-electron chi connectivity index (χ0n) is 18.1. The molecule has 2 aromatic carbocycles. The summed E-state index contributed by atoms with van der Waals surface area (Å²) >= 11 is 0. The number of aliphatic hydroxyl groups excluding tert-OH is 1. The van der Waals surface area contributed by atoms with Gasteiger partial charge in [0.05, 0.1) is 17.9 Å². The molecule has 168 valence electrons. The minimum atomic E-state index is -0.440. The number of hydrogen-bond donors (Lipinski definition) is 1. The van der Waals surface area contributed by atoms with Crippen LogP contribution < -0.4 is 9.64 Å². The number of benzene rings is 2. The SMILES string of the molecule is CCCOc1ccc(C2=C(N3CCCC(CO)C3)C(=O)N(c3ccc(F)cc3)C2=O)cc1. The van der Waals surface area contributed by atoms with E-state index in [2.05, 4.69) is 0 Å². The summed E-state index contributed by atoms with van der Waals surface area (Å²) in [5.74, 6) is -0.564. The number of likely N-dealkylation sites (tertiary alicyclic amines) is 1. The summed E-state index contributed by atoms with van der Waals surface area (Å²) in [6.07, 6.45) is 2.59. The van der Waals surface area contributed by atoms with Gasteiger partial charge in [-0.3, -0.25) is 9.59 Å². The second-order valence-electron chi connectivity index (χ2n) is 8.16. The lowest BCUT2D eigenvalue weighted by Crippen LogP contribution is -2.40. The van der Waals surface area contributed by atoms with Crippen LogP contribution in [0.25, 0.3) is 5.57 Å². The number of piperidine rings is 1. The molecule has 1 saturated heterocycles. The van der Waals surface area contributed by atoms with Crippen molar-refractivity contribution in [1.82, 2.24) is 4.90 Å². The van der Waals surface area contributed by atoms with Crippen molar-refractivity contribution < 1.29 is 23.8 Å². The van der Waals surface area contributed by atoms with E-state index in [9.17, 15) is 19.1 Å². The Morgan fingerprint density at radius 3 is 2.44 bits per heavy atom. The van der Waals surface area contributed by atoms with Gasteiger partial charge in [-0.15, -0.1) is 0 Å². The predicted molar refractivity (Wildman–Crippen MR) is 119 cm³/mol. The van der Waals surface area contributed by atoms with Crippen LogP contribution in [0.2, 0.25) is 0 Å². The number of halogens is 1. The van der Waals surface area contributed by atoms with Gasteiger partial charge in [0.2, 0.25) is 0 Å². The minimum Gasteiger partial charge on any atom is -0.494 e. The first-order valence-corrected chi connectivity index (χ1v) is 11.0. The lowest BCUT2D eigenvalue weighted by molar-refractivity contribution is -0.120. The number of anilines is 1. The van der Waals surface area contributed by atoms with Crippen molar-refractivity contribution >= 4 is 23.1 Å². The van der Waals surface area contributed by atoms with Crippen LogP contribution in [0, 0.1) is 11.7 Å². The predicted octanol–water partition coefficient (Wildman–Crippen LogP) is 3.60. The number of ether oxygens (including phenoxy) is 1. The Hall–Kier alpha value is -3.19. The normalized spacial score (nSPS) is 19.2. The zero-order valence-corrected chi connectivity index (χ0v) is 18.1. The molecule has 0 radical (unpaired) electrons. The van der Waals surface area contributed by atoms with Crippen molar-refractivity contribution in [3.63, 3.8) is 0 Å². The number of imide groups is 1. The molecule has 2 aromatic rings. The third kappa shape index (κ3) is 4.25. The summed E-state index contributed by atoms with van der Waals surface area (Å²) < 4.78 is 19.1. The Balaban J connectivity index is 1.74. The molecule has 0 spiro atoms. The van der Waals surface area contributed by atoms with Gasteiger partial charge in [0.15, 0.2) is 0 Å². The second kappa shape index (κ2) is 9.53. The molecule has 6 nitrogen and oxygen atoms in total. The van der Waals surface area contributed by atoms with E-state index < -0.39 is 17.6 Å². The maximum Gasteiger partial charge on any atom is 0.282 e. The average molecular weight is 438 g/mol. The highest BCUT2D eigenvalue weighted by molar-refractivity contribution is 6.45. The summed E-state index contributed by atoms with van der Waals surface area (Å²) in [4.78, 5) is 30.0. The van der Waals surface area contributed by atoms with E-state index in [-0.39, 0.29) is 12.5 Å². The molecule has 0 saturated carbocycles. The van der Waals surface area contributed by atoms with Crippen molar-refractivity contribution in [3.8, 4) is 5.75 Å². The summed E-state index contributed by atoms with van der Waals surface area (Å²) in [6, 6.07) is 12.5. The standard InChI is InChI=1S/C25H27FN2O4/c1-2-14-32-21-11-5-18(6-12-21)22-23(27-13-3-4-17(15-27)16-29)25(31)28(24(22)30)20-9-7-19(26)8-10-20/h5-12,17,29H,2-4,13-16H2,1H3. The van der Waals surface area contributed by atoms with Gasteiger partial charge in [0.1, 0.15) is 17.3 Å². The highest BCUT2D eigenvalue weighted by Gasteiger charge is 2.43. The molecule has 7 heteroatoms. The number of nitrogens with zero attached hydrogens (tertiary/aromatic N) is 2. The number of amides is 2. The van der Waals surface area contributed by atoms with Gasteiger partial charge in [-0.05, 0) is 67.1 Å². The van der Waals surface area contributed by atoms with E-state index >= 15 is 0 Å². The van der Waals surface area contributed by atoms with Crippen LogP contribution in [-0.4, -0.2) is 48.1 Å². The van der Waals surface area contributed by atoms with Crippen LogP contribution in [0.4, 0.5) is 10.1 Å². The molecule has 1 atom stereocenters. The van der Waals surface area contributed by atoms with E-state index in [1.165, 1.54) is 24.3 Å². The lowest BCUT2D eigenvalue weighted by atomic mass is 9.97. The number of hydrogen-bond acceptors (Lipinski definition) is 5. The van der Waals surface area contributed by atoms with Crippen LogP contribution in [0.3, 0.4) is 0 Å². The van der Waals surface area contributed by atoms with Crippen molar-refractivity contribution in [2.45, 2.75) is 26.2 Å². The van der Waals surface area contributed by atoms with Crippen molar-refractivity contribution in [2.24, 2.45) is 5.92 Å². The van der Waals surface area contributed by atoms with Crippen LogP contribution in [0.1, 0.15) is 31.7 Å². The maximum absolute atomic E-state index is 13.5. The first-order chi connectivity index (χ1) is 15.5. The highest BCUT2D eigenvalue weighted by Crippen LogP contribution is 2.37. The van der Waals surface area contributed by atoms with Crippen LogP contribution in [-0.2, 0) is 9.59 Å². The molecule has 2 aliphatic heterocycles. The van der Waals surface area contributed by atoms with Gasteiger partial charge in [0.25, 0.3) is 11.8 Å². The molecule has 2 amide bonds. The van der Waals surface area contributed by atoms with Gasteiger partial charge < -0.3 is 14.7 Å². The smallest absolute Gasteiger partial charge is 0.282 e. The minimum absolute atomic E-state index is 0.0341. The molecule has 1 fully saturated rings. The number of aliphatic hydroxyl groups is 1. The third-order valence-electron chi connectivity index (χ3n) is 5.85. The maximum atomic E-state index is 13.5. The Kier molecular flexibility index (Phi) is 6.55. The number of rotatable bonds is 7. The molecule has 2 heterocycles. The topological polar surface area (TPSA) is 70.1 Å². The summed E-state index contributed by atoms with van der Waals surface area (Å²) in [5.41, 5.74) is 1.60. The molecule has 1 N–H and O–H groups in total. The Labute approximate surface area is 186 Å². The summed E-state index contributed by atoms with van der Waals surface area (Å²) in [6.45, 7) is 3.79. The van der Waals surface area contributed by atoms with Crippen molar-refractivity contribution in [3.05, 3.63) is 65.6 Å². The van der Waals surface area contributed by atoms with Gasteiger partial charge in [-0.25, -0.2) is 9.29 Å². The van der Waals surface area contributed by atoms with E-state index in [0.29, 0.717) is 48.0 Å². The molecule has 32 heavy (non-hydrogen) atoms. The average Bonchev–Trinajstić information content (AvgIpc) is 3.08. The fourth-order valence-electron chi connectivity index (χ4n) is 4.25. The van der Waals surface area contributed by atoms with Gasteiger partial charge in [0, 0.05) is 19.7 Å². The molecule has 1 unspecified atom stereocenters. The van der Waals surface area contributed by atoms with Crippen LogP contribution in [0.5, 0.6) is 5.75 Å². The molecular formula is C25H27FN2O4. The second-order valence-corrected chi connectivity index (χ2v) is 8.16. The van der Waals surface area contributed by atoms with Crippen molar-refractivity contribution in [2.75, 3.05) is 31.2 Å². The van der Waals surface area contributed by atoms with Gasteiger partial charge in [-0.2, -0.15) is 0 Å². The highest BCUT2D eigenvalue weighted by atomic mass is 19.1. The largest absolute Gasteiger partial charge is 0.494 e.